The molecule has 0 bridgehead atoms. The van der Waals surface area contributed by atoms with Crippen molar-refractivity contribution in [3.05, 3.63) is 12.4 Å². The van der Waals surface area contributed by atoms with E-state index < -0.39 is 0 Å². The number of thioether (sulfide) groups is 1. The van der Waals surface area contributed by atoms with Gasteiger partial charge in [-0.2, -0.15) is 0 Å². The van der Waals surface area contributed by atoms with E-state index in [1.165, 1.54) is 18.2 Å². The van der Waals surface area contributed by atoms with Crippen molar-refractivity contribution >= 4 is 23.5 Å². The van der Waals surface area contributed by atoms with Crippen LogP contribution in [0.5, 0.6) is 0 Å². The van der Waals surface area contributed by atoms with Gasteiger partial charge in [0.25, 0.3) is 0 Å². The van der Waals surface area contributed by atoms with Crippen molar-refractivity contribution in [1.82, 2.24) is 14.9 Å². The average molecular weight is 280 g/mol. The molecule has 1 unspecified atom stereocenters. The molecule has 0 aromatic carbocycles. The highest BCUT2D eigenvalue weighted by Crippen LogP contribution is 2.23. The summed E-state index contributed by atoms with van der Waals surface area (Å²) in [6.45, 7) is 3.03. The van der Waals surface area contributed by atoms with E-state index in [0.717, 1.165) is 25.8 Å². The Hall–Kier alpha value is -1.30. The number of nitrogen functional groups attached to an aromatic ring is 1. The van der Waals surface area contributed by atoms with E-state index in [4.69, 9.17) is 5.73 Å². The van der Waals surface area contributed by atoms with Crippen LogP contribution in [0.1, 0.15) is 32.6 Å². The van der Waals surface area contributed by atoms with Crippen LogP contribution in [0, 0.1) is 0 Å². The van der Waals surface area contributed by atoms with Crippen molar-refractivity contribution in [1.29, 1.82) is 0 Å². The molecule has 0 radical (unpaired) electrons. The van der Waals surface area contributed by atoms with Crippen molar-refractivity contribution in [3.63, 3.8) is 0 Å². The summed E-state index contributed by atoms with van der Waals surface area (Å²) in [5.41, 5.74) is 5.72. The Morgan fingerprint density at radius 3 is 3.00 bits per heavy atom. The number of nitrogens with zero attached hydrogens (tertiary/aromatic N) is 3. The number of hydrogen-bond donors (Lipinski definition) is 1. The lowest BCUT2D eigenvalue weighted by atomic mass is 10.0. The number of nitrogens with two attached hydrogens (primary N) is 1. The average Bonchev–Trinajstić information content (AvgIpc) is 2.46. The van der Waals surface area contributed by atoms with Gasteiger partial charge in [0.2, 0.25) is 5.91 Å². The van der Waals surface area contributed by atoms with Crippen LogP contribution in [0.4, 0.5) is 5.82 Å². The molecule has 1 aromatic heterocycles. The number of aromatic nitrogens is 2. The van der Waals surface area contributed by atoms with Crippen LogP contribution in [0.2, 0.25) is 0 Å². The van der Waals surface area contributed by atoms with Crippen LogP contribution in [0.25, 0.3) is 0 Å². The highest BCUT2D eigenvalue weighted by Gasteiger charge is 2.25. The molecule has 1 atom stereocenters. The summed E-state index contributed by atoms with van der Waals surface area (Å²) in [7, 11) is 0. The summed E-state index contributed by atoms with van der Waals surface area (Å²) in [6, 6.07) is 0.404. The maximum absolute atomic E-state index is 12.3. The molecule has 2 N–H and O–H groups in total. The van der Waals surface area contributed by atoms with E-state index in [0.29, 0.717) is 22.6 Å². The zero-order chi connectivity index (χ0) is 13.7. The quantitative estimate of drug-likeness (QED) is 0.853. The van der Waals surface area contributed by atoms with Gasteiger partial charge in [0, 0.05) is 25.0 Å². The summed E-state index contributed by atoms with van der Waals surface area (Å²) >= 11 is 1.37. The maximum atomic E-state index is 12.3. The summed E-state index contributed by atoms with van der Waals surface area (Å²) in [4.78, 5) is 22.4. The van der Waals surface area contributed by atoms with Crippen LogP contribution >= 0.6 is 11.8 Å². The zero-order valence-corrected chi connectivity index (χ0v) is 12.0. The molecule has 1 fully saturated rings. The van der Waals surface area contributed by atoms with E-state index >= 15 is 0 Å². The van der Waals surface area contributed by atoms with Gasteiger partial charge in [-0.1, -0.05) is 18.7 Å². The van der Waals surface area contributed by atoms with Crippen LogP contribution in [0.15, 0.2) is 17.4 Å². The third-order valence-corrected chi connectivity index (χ3v) is 4.42. The number of carbonyl (C=O) groups is 1. The summed E-state index contributed by atoms with van der Waals surface area (Å²) in [5.74, 6) is 0.965. The van der Waals surface area contributed by atoms with Crippen LogP contribution in [0.3, 0.4) is 0 Å². The van der Waals surface area contributed by atoms with E-state index in [1.807, 2.05) is 4.90 Å². The summed E-state index contributed by atoms with van der Waals surface area (Å²) in [6.07, 6.45) is 7.65. The predicted molar refractivity (Wildman–Crippen MR) is 76.8 cm³/mol. The molecular formula is C13H20N4OS. The molecule has 0 spiro atoms. The number of carbonyl (C=O) groups excluding carboxylic acids is 1. The highest BCUT2D eigenvalue weighted by molar-refractivity contribution is 8.00. The lowest BCUT2D eigenvalue weighted by Gasteiger charge is -2.35. The number of rotatable bonds is 4. The number of likely N-dealkylation sites (tertiary alicyclic amines) is 1. The summed E-state index contributed by atoms with van der Waals surface area (Å²) in [5, 5.41) is 0.640. The van der Waals surface area contributed by atoms with Crippen molar-refractivity contribution in [2.75, 3.05) is 18.0 Å². The molecule has 6 heteroatoms. The van der Waals surface area contributed by atoms with Crippen molar-refractivity contribution < 1.29 is 4.79 Å². The number of hydrogen-bond acceptors (Lipinski definition) is 5. The first-order valence-electron chi connectivity index (χ1n) is 6.71. The Morgan fingerprint density at radius 2 is 2.26 bits per heavy atom. The van der Waals surface area contributed by atoms with E-state index in [1.54, 1.807) is 12.4 Å². The molecule has 104 valence electrons. The van der Waals surface area contributed by atoms with Crippen LogP contribution < -0.4 is 5.73 Å². The Bertz CT molecular complexity index is 440. The fraction of sp³-hybridized carbons (Fsp3) is 0.615. The van der Waals surface area contributed by atoms with Crippen LogP contribution in [-0.4, -0.2) is 39.1 Å². The SMILES string of the molecule is CCC1CCCCN1C(=O)CSc1nccnc1N. The van der Waals surface area contributed by atoms with Gasteiger partial charge in [0.05, 0.1) is 5.75 Å². The Labute approximate surface area is 118 Å². The molecule has 2 heterocycles. The Morgan fingerprint density at radius 1 is 1.47 bits per heavy atom. The standard InChI is InChI=1S/C13H20N4OS/c1-2-10-5-3-4-8-17(10)11(18)9-19-13-12(14)15-6-7-16-13/h6-7,10H,2-5,8-9H2,1H3,(H2,14,15). The van der Waals surface area contributed by atoms with E-state index in [-0.39, 0.29) is 5.91 Å². The van der Waals surface area contributed by atoms with E-state index in [2.05, 4.69) is 16.9 Å². The highest BCUT2D eigenvalue weighted by atomic mass is 32.2. The molecule has 1 aromatic rings. The molecule has 1 amide bonds. The van der Waals surface area contributed by atoms with Gasteiger partial charge in [-0.15, -0.1) is 0 Å². The van der Waals surface area contributed by atoms with Gasteiger partial charge in [0.1, 0.15) is 5.03 Å². The Balaban J connectivity index is 1.92. The minimum atomic E-state index is 0.182. The summed E-state index contributed by atoms with van der Waals surface area (Å²) < 4.78 is 0. The van der Waals surface area contributed by atoms with E-state index in [9.17, 15) is 4.79 Å². The first-order valence-corrected chi connectivity index (χ1v) is 7.69. The van der Waals surface area contributed by atoms with Crippen molar-refractivity contribution in [3.8, 4) is 0 Å². The second kappa shape index (κ2) is 6.75. The van der Waals surface area contributed by atoms with Gasteiger partial charge < -0.3 is 10.6 Å². The topological polar surface area (TPSA) is 72.1 Å². The third-order valence-electron chi connectivity index (χ3n) is 3.44. The van der Waals surface area contributed by atoms with Crippen molar-refractivity contribution in [2.24, 2.45) is 0 Å². The molecule has 2 rings (SSSR count). The Kier molecular flexibility index (Phi) is 5.01. The zero-order valence-electron chi connectivity index (χ0n) is 11.2. The lowest BCUT2D eigenvalue weighted by molar-refractivity contribution is -0.132. The second-order valence-corrected chi connectivity index (χ2v) is 5.64. The largest absolute Gasteiger partial charge is 0.381 e. The van der Waals surface area contributed by atoms with Gasteiger partial charge in [-0.25, -0.2) is 9.97 Å². The molecule has 5 nitrogen and oxygen atoms in total. The van der Waals surface area contributed by atoms with Gasteiger partial charge in [0.15, 0.2) is 5.82 Å². The molecule has 19 heavy (non-hydrogen) atoms. The normalized spacial score (nSPS) is 19.4. The molecule has 1 aliphatic heterocycles. The third kappa shape index (κ3) is 3.59. The lowest BCUT2D eigenvalue weighted by Crippen LogP contribution is -2.44. The monoisotopic (exact) mass is 280 g/mol. The van der Waals surface area contributed by atoms with Gasteiger partial charge in [-0.3, -0.25) is 4.79 Å². The smallest absolute Gasteiger partial charge is 0.233 e. The number of amides is 1. The molecular weight excluding hydrogens is 260 g/mol. The molecule has 1 saturated heterocycles. The maximum Gasteiger partial charge on any atom is 0.233 e. The fourth-order valence-corrected chi connectivity index (χ4v) is 3.18. The van der Waals surface area contributed by atoms with Crippen molar-refractivity contribution in [2.45, 2.75) is 43.7 Å². The fourth-order valence-electron chi connectivity index (χ4n) is 2.41. The number of piperidine rings is 1. The molecule has 1 aliphatic rings. The van der Waals surface area contributed by atoms with Gasteiger partial charge in [-0.05, 0) is 25.7 Å². The number of anilines is 1. The second-order valence-electron chi connectivity index (χ2n) is 4.68. The van der Waals surface area contributed by atoms with Crippen LogP contribution in [-0.2, 0) is 4.79 Å². The molecule has 0 saturated carbocycles. The molecule has 0 aliphatic carbocycles. The first-order chi connectivity index (χ1) is 9.22. The van der Waals surface area contributed by atoms with Gasteiger partial charge >= 0.3 is 0 Å². The minimum absolute atomic E-state index is 0.182. The predicted octanol–water partition coefficient (Wildman–Crippen LogP) is 1.94. The first kappa shape index (κ1) is 14.1. The minimum Gasteiger partial charge on any atom is -0.381 e.